The van der Waals surface area contributed by atoms with Gasteiger partial charge in [0.05, 0.1) is 20.1 Å². The summed E-state index contributed by atoms with van der Waals surface area (Å²) in [4.78, 5) is 30.7. The van der Waals surface area contributed by atoms with Crippen molar-refractivity contribution in [3.8, 4) is 0 Å². The van der Waals surface area contributed by atoms with Gasteiger partial charge in [0.2, 0.25) is 5.91 Å². The molecule has 1 fully saturated rings. The van der Waals surface area contributed by atoms with Crippen molar-refractivity contribution in [3.63, 3.8) is 0 Å². The Morgan fingerprint density at radius 2 is 1.80 bits per heavy atom. The van der Waals surface area contributed by atoms with Crippen LogP contribution in [0.3, 0.4) is 0 Å². The first kappa shape index (κ1) is 16.3. The number of esters is 1. The maximum atomic E-state index is 11.3. The fourth-order valence-electron chi connectivity index (χ4n) is 2.01. The largest absolute Gasteiger partial charge is 0.469 e. The van der Waals surface area contributed by atoms with Gasteiger partial charge in [-0.25, -0.2) is 0 Å². The molecule has 1 rings (SSSR count). The number of aliphatic imine (C=N–C) groups is 1. The van der Waals surface area contributed by atoms with Crippen LogP contribution in [0.1, 0.15) is 20.3 Å². The predicted molar refractivity (Wildman–Crippen MR) is 76.4 cm³/mol. The van der Waals surface area contributed by atoms with Crippen molar-refractivity contribution in [1.29, 1.82) is 0 Å². The van der Waals surface area contributed by atoms with Crippen LogP contribution >= 0.6 is 0 Å². The fourth-order valence-corrected chi connectivity index (χ4v) is 2.01. The standard InChI is InChI=1S/C13H24N4O3/c1-4-14-13(15-6-5-12(19)20-3)17-9-7-16(8-10-17)11(2)18/h4-10H2,1-3H3,(H,14,15). The average molecular weight is 284 g/mol. The topological polar surface area (TPSA) is 74.2 Å². The minimum Gasteiger partial charge on any atom is -0.469 e. The number of guanidine groups is 1. The lowest BCUT2D eigenvalue weighted by molar-refractivity contribution is -0.140. The van der Waals surface area contributed by atoms with Crippen LogP contribution in [0.15, 0.2) is 4.99 Å². The van der Waals surface area contributed by atoms with Crippen molar-refractivity contribution in [1.82, 2.24) is 15.1 Å². The maximum Gasteiger partial charge on any atom is 0.307 e. The van der Waals surface area contributed by atoms with Gasteiger partial charge in [0.15, 0.2) is 5.96 Å². The number of nitrogens with zero attached hydrogens (tertiary/aromatic N) is 3. The Kier molecular flexibility index (Phi) is 6.83. The third-order valence-corrected chi connectivity index (χ3v) is 3.16. The summed E-state index contributed by atoms with van der Waals surface area (Å²) in [6, 6.07) is 0. The van der Waals surface area contributed by atoms with E-state index in [-0.39, 0.29) is 18.3 Å². The molecule has 0 unspecified atom stereocenters. The number of rotatable bonds is 4. The second-order valence-electron chi connectivity index (χ2n) is 4.55. The van der Waals surface area contributed by atoms with Gasteiger partial charge in [0.1, 0.15) is 0 Å². The molecule has 1 saturated heterocycles. The summed E-state index contributed by atoms with van der Waals surface area (Å²) < 4.78 is 4.59. The highest BCUT2D eigenvalue weighted by Gasteiger charge is 2.20. The number of methoxy groups -OCH3 is 1. The van der Waals surface area contributed by atoms with Crippen molar-refractivity contribution < 1.29 is 14.3 Å². The first-order valence-corrected chi connectivity index (χ1v) is 6.94. The summed E-state index contributed by atoms with van der Waals surface area (Å²) >= 11 is 0. The van der Waals surface area contributed by atoms with E-state index in [0.29, 0.717) is 19.6 Å². The molecule has 1 amide bonds. The summed E-state index contributed by atoms with van der Waals surface area (Å²) in [5.74, 6) is 0.642. The molecule has 0 aromatic carbocycles. The van der Waals surface area contributed by atoms with Crippen LogP contribution in [0.5, 0.6) is 0 Å². The molecule has 0 atom stereocenters. The van der Waals surface area contributed by atoms with Crippen LogP contribution in [0.4, 0.5) is 0 Å². The molecule has 0 spiro atoms. The third kappa shape index (κ3) is 5.07. The molecule has 1 heterocycles. The Morgan fingerprint density at radius 3 is 2.30 bits per heavy atom. The van der Waals surface area contributed by atoms with Gasteiger partial charge >= 0.3 is 5.97 Å². The summed E-state index contributed by atoms with van der Waals surface area (Å²) in [6.45, 7) is 7.68. The SMILES string of the molecule is CCNC(=NCCC(=O)OC)N1CCN(C(C)=O)CC1. The van der Waals surface area contributed by atoms with E-state index >= 15 is 0 Å². The molecule has 1 aliphatic rings. The second kappa shape index (κ2) is 8.39. The van der Waals surface area contributed by atoms with Crippen molar-refractivity contribution in [2.45, 2.75) is 20.3 Å². The Labute approximate surface area is 120 Å². The number of carbonyl (C=O) groups is 2. The minimum atomic E-state index is -0.258. The first-order valence-electron chi connectivity index (χ1n) is 6.94. The van der Waals surface area contributed by atoms with Crippen molar-refractivity contribution in [2.24, 2.45) is 4.99 Å². The lowest BCUT2D eigenvalue weighted by Gasteiger charge is -2.36. The Hall–Kier alpha value is -1.79. The van der Waals surface area contributed by atoms with Crippen LogP contribution in [0, 0.1) is 0 Å². The zero-order valence-corrected chi connectivity index (χ0v) is 12.5. The molecule has 0 aliphatic carbocycles. The zero-order valence-electron chi connectivity index (χ0n) is 12.5. The van der Waals surface area contributed by atoms with Crippen LogP contribution in [0.2, 0.25) is 0 Å². The smallest absolute Gasteiger partial charge is 0.307 e. The lowest BCUT2D eigenvalue weighted by atomic mass is 10.3. The molecule has 7 nitrogen and oxygen atoms in total. The second-order valence-corrected chi connectivity index (χ2v) is 4.55. The molecule has 114 valence electrons. The summed E-state index contributed by atoms with van der Waals surface area (Å²) in [6.07, 6.45) is 0.277. The van der Waals surface area contributed by atoms with E-state index < -0.39 is 0 Å². The van der Waals surface area contributed by atoms with Gasteiger partial charge in [0.25, 0.3) is 0 Å². The molecule has 7 heteroatoms. The molecule has 0 aromatic heterocycles. The van der Waals surface area contributed by atoms with Crippen molar-refractivity contribution in [3.05, 3.63) is 0 Å². The van der Waals surface area contributed by atoms with E-state index in [2.05, 4.69) is 19.9 Å². The van der Waals surface area contributed by atoms with Gasteiger partial charge in [-0.1, -0.05) is 0 Å². The number of carbonyl (C=O) groups excluding carboxylic acids is 2. The average Bonchev–Trinajstić information content (AvgIpc) is 2.46. The van der Waals surface area contributed by atoms with E-state index in [1.165, 1.54) is 7.11 Å². The van der Waals surface area contributed by atoms with Crippen molar-refractivity contribution >= 4 is 17.8 Å². The van der Waals surface area contributed by atoms with Gasteiger partial charge in [0, 0.05) is 39.6 Å². The van der Waals surface area contributed by atoms with Crippen LogP contribution in [-0.4, -0.2) is 74.0 Å². The first-order chi connectivity index (χ1) is 9.58. The van der Waals surface area contributed by atoms with Crippen LogP contribution in [-0.2, 0) is 14.3 Å². The summed E-state index contributed by atoms with van der Waals surface area (Å²) in [5, 5.41) is 3.21. The van der Waals surface area contributed by atoms with Gasteiger partial charge in [-0.3, -0.25) is 14.6 Å². The van der Waals surface area contributed by atoms with E-state index in [0.717, 1.165) is 25.6 Å². The molecule has 1 aliphatic heterocycles. The number of piperazine rings is 1. The number of nitrogens with one attached hydrogen (secondary N) is 1. The highest BCUT2D eigenvalue weighted by Crippen LogP contribution is 2.03. The van der Waals surface area contributed by atoms with E-state index in [1.807, 2.05) is 11.8 Å². The van der Waals surface area contributed by atoms with Gasteiger partial charge in [-0.15, -0.1) is 0 Å². The van der Waals surface area contributed by atoms with Gasteiger partial charge in [-0.2, -0.15) is 0 Å². The van der Waals surface area contributed by atoms with Crippen LogP contribution in [0.25, 0.3) is 0 Å². The Morgan fingerprint density at radius 1 is 1.20 bits per heavy atom. The molecule has 20 heavy (non-hydrogen) atoms. The fraction of sp³-hybridized carbons (Fsp3) is 0.769. The molecular weight excluding hydrogens is 260 g/mol. The number of hydrogen-bond acceptors (Lipinski definition) is 4. The molecule has 0 aromatic rings. The van der Waals surface area contributed by atoms with Gasteiger partial charge < -0.3 is 19.9 Å². The van der Waals surface area contributed by atoms with E-state index in [9.17, 15) is 9.59 Å². The normalized spacial score (nSPS) is 16.1. The minimum absolute atomic E-state index is 0.109. The zero-order chi connectivity index (χ0) is 15.0. The van der Waals surface area contributed by atoms with Crippen molar-refractivity contribution in [2.75, 3.05) is 46.4 Å². The maximum absolute atomic E-state index is 11.3. The number of amides is 1. The van der Waals surface area contributed by atoms with Crippen LogP contribution < -0.4 is 5.32 Å². The Bertz CT molecular complexity index is 363. The monoisotopic (exact) mass is 284 g/mol. The molecule has 0 saturated carbocycles. The highest BCUT2D eigenvalue weighted by molar-refractivity contribution is 5.81. The number of hydrogen-bond donors (Lipinski definition) is 1. The molecule has 0 bridgehead atoms. The van der Waals surface area contributed by atoms with Gasteiger partial charge in [-0.05, 0) is 6.92 Å². The molecular formula is C13H24N4O3. The third-order valence-electron chi connectivity index (χ3n) is 3.16. The molecule has 0 radical (unpaired) electrons. The summed E-state index contributed by atoms with van der Waals surface area (Å²) in [7, 11) is 1.37. The predicted octanol–water partition coefficient (Wildman–Crippen LogP) is -0.321. The molecule has 1 N–H and O–H groups in total. The lowest BCUT2D eigenvalue weighted by Crippen LogP contribution is -2.53. The van der Waals surface area contributed by atoms with E-state index in [1.54, 1.807) is 6.92 Å². The summed E-state index contributed by atoms with van der Waals surface area (Å²) in [5.41, 5.74) is 0. The Balaban J connectivity index is 2.51. The quantitative estimate of drug-likeness (QED) is 0.435. The highest BCUT2D eigenvalue weighted by atomic mass is 16.5. The van der Waals surface area contributed by atoms with E-state index in [4.69, 9.17) is 0 Å². The number of ether oxygens (including phenoxy) is 1.